The van der Waals surface area contributed by atoms with Gasteiger partial charge in [0.25, 0.3) is 0 Å². The Balaban J connectivity index is 1.65. The summed E-state index contributed by atoms with van der Waals surface area (Å²) < 4.78 is 0. The molecule has 4 heteroatoms. The van der Waals surface area contributed by atoms with E-state index in [9.17, 15) is 0 Å². The lowest BCUT2D eigenvalue weighted by Gasteiger charge is -2.12. The Morgan fingerprint density at radius 1 is 0.682 bits per heavy atom. The number of rotatable bonds is 16. The van der Waals surface area contributed by atoms with Crippen LogP contribution in [-0.4, -0.2) is 17.9 Å². The molecule has 0 unspecified atom stereocenters. The topological polar surface area (TPSA) is 39.7 Å². The van der Waals surface area contributed by atoms with E-state index in [1.54, 1.807) is 0 Å². The van der Waals surface area contributed by atoms with Crippen LogP contribution < -0.4 is 11.1 Å². The van der Waals surface area contributed by atoms with Crippen molar-refractivity contribution in [1.29, 1.82) is 0 Å². The molecule has 0 fully saturated rings. The molecule has 1 aliphatic heterocycles. The maximum atomic E-state index is 3.89. The van der Waals surface area contributed by atoms with Crippen molar-refractivity contribution in [2.75, 3.05) is 6.54 Å². The van der Waals surface area contributed by atoms with Crippen molar-refractivity contribution >= 4 is 6.34 Å². The Morgan fingerprint density at radius 3 is 1.55 bits per heavy atom. The van der Waals surface area contributed by atoms with Gasteiger partial charge in [-0.15, -0.1) is 5.53 Å². The monoisotopic (exact) mass is 310 g/mol. The first-order valence-electron chi connectivity index (χ1n) is 9.74. The molecule has 0 aromatic carbocycles. The number of hydrogen-bond donors (Lipinski definition) is 2. The van der Waals surface area contributed by atoms with Crippen molar-refractivity contribution in [3.8, 4) is 0 Å². The van der Waals surface area contributed by atoms with E-state index in [1.807, 2.05) is 11.3 Å². The largest absolute Gasteiger partial charge is 0.278 e. The fourth-order valence-electron chi connectivity index (χ4n) is 2.99. The molecule has 0 aromatic rings. The number of hydrazine groups is 2. The van der Waals surface area contributed by atoms with Gasteiger partial charge in [-0.05, 0) is 6.42 Å². The Kier molecular flexibility index (Phi) is 13.3. The maximum Gasteiger partial charge on any atom is 0.128 e. The summed E-state index contributed by atoms with van der Waals surface area (Å²) in [5, 5.41) is 5.90. The van der Waals surface area contributed by atoms with Crippen LogP contribution in [0.3, 0.4) is 0 Å². The third-order valence-corrected chi connectivity index (χ3v) is 4.46. The van der Waals surface area contributed by atoms with Crippen molar-refractivity contribution in [1.82, 2.24) is 16.1 Å². The van der Waals surface area contributed by atoms with Crippen molar-refractivity contribution in [3.05, 3.63) is 0 Å². The van der Waals surface area contributed by atoms with Gasteiger partial charge < -0.3 is 0 Å². The molecule has 0 amide bonds. The first kappa shape index (κ1) is 19.3. The second kappa shape index (κ2) is 15.1. The Hall–Kier alpha value is -0.770. The lowest BCUT2D eigenvalue weighted by molar-refractivity contribution is 0.293. The first-order chi connectivity index (χ1) is 10.9. The zero-order chi connectivity index (χ0) is 15.7. The second-order valence-corrected chi connectivity index (χ2v) is 6.61. The van der Waals surface area contributed by atoms with Crippen LogP contribution in [0, 0.1) is 0 Å². The minimum Gasteiger partial charge on any atom is -0.278 e. The molecule has 4 nitrogen and oxygen atoms in total. The molecule has 0 saturated carbocycles. The summed E-state index contributed by atoms with van der Waals surface area (Å²) in [4.78, 5) is 0. The molecule has 1 heterocycles. The standard InChI is InChI=1S/C18H38N4/c1-2-3-4-5-6-7-8-9-10-11-12-13-14-15-16-17-22-18-19-20-21-22/h18,20-21H,2-17H2,1H3. The first-order valence-corrected chi connectivity index (χ1v) is 9.74. The summed E-state index contributed by atoms with van der Waals surface area (Å²) >= 11 is 0. The third kappa shape index (κ3) is 11.8. The Labute approximate surface area is 138 Å². The summed E-state index contributed by atoms with van der Waals surface area (Å²) in [6.07, 6.45) is 23.1. The van der Waals surface area contributed by atoms with Gasteiger partial charge in [-0.25, -0.2) is 5.53 Å². The molecular formula is C18H38N4. The fraction of sp³-hybridized carbons (Fsp3) is 0.944. The number of nitrogens with zero attached hydrogens (tertiary/aromatic N) is 2. The molecule has 1 aliphatic rings. The molecule has 0 radical (unpaired) electrons. The highest BCUT2D eigenvalue weighted by Crippen LogP contribution is 2.13. The zero-order valence-electron chi connectivity index (χ0n) is 14.8. The Morgan fingerprint density at radius 2 is 1.14 bits per heavy atom. The highest BCUT2D eigenvalue weighted by molar-refractivity contribution is 5.54. The molecule has 0 saturated heterocycles. The molecule has 0 aliphatic carbocycles. The van der Waals surface area contributed by atoms with Gasteiger partial charge in [-0.1, -0.05) is 96.8 Å². The van der Waals surface area contributed by atoms with Crippen LogP contribution in [0.5, 0.6) is 0 Å². The van der Waals surface area contributed by atoms with Crippen molar-refractivity contribution in [2.24, 2.45) is 5.10 Å². The molecule has 0 bridgehead atoms. The van der Waals surface area contributed by atoms with E-state index in [0.717, 1.165) is 6.54 Å². The van der Waals surface area contributed by atoms with Gasteiger partial charge in [0, 0.05) is 6.54 Å². The van der Waals surface area contributed by atoms with Gasteiger partial charge in [0.1, 0.15) is 6.34 Å². The van der Waals surface area contributed by atoms with Crippen LogP contribution in [0.1, 0.15) is 103 Å². The smallest absolute Gasteiger partial charge is 0.128 e. The van der Waals surface area contributed by atoms with Crippen LogP contribution in [0.25, 0.3) is 0 Å². The average molecular weight is 311 g/mol. The van der Waals surface area contributed by atoms with E-state index < -0.39 is 0 Å². The summed E-state index contributed by atoms with van der Waals surface area (Å²) in [5.74, 6) is 0. The summed E-state index contributed by atoms with van der Waals surface area (Å²) in [7, 11) is 0. The molecule has 2 N–H and O–H groups in total. The molecule has 0 aromatic heterocycles. The van der Waals surface area contributed by atoms with Gasteiger partial charge in [0.15, 0.2) is 0 Å². The van der Waals surface area contributed by atoms with Gasteiger partial charge >= 0.3 is 0 Å². The number of nitrogens with one attached hydrogen (secondary N) is 2. The van der Waals surface area contributed by atoms with Gasteiger partial charge in [-0.2, -0.15) is 5.10 Å². The average Bonchev–Trinajstić information content (AvgIpc) is 3.04. The molecular weight excluding hydrogens is 272 g/mol. The van der Waals surface area contributed by atoms with Crippen LogP contribution in [-0.2, 0) is 0 Å². The zero-order valence-corrected chi connectivity index (χ0v) is 14.8. The highest BCUT2D eigenvalue weighted by atomic mass is 15.8. The summed E-state index contributed by atoms with van der Waals surface area (Å²) in [6, 6.07) is 0. The van der Waals surface area contributed by atoms with Crippen LogP contribution >= 0.6 is 0 Å². The molecule has 0 atom stereocenters. The van der Waals surface area contributed by atoms with Crippen LogP contribution in [0.4, 0.5) is 0 Å². The predicted molar refractivity (Wildman–Crippen MR) is 96.4 cm³/mol. The molecule has 0 spiro atoms. The lowest BCUT2D eigenvalue weighted by Crippen LogP contribution is -2.37. The lowest BCUT2D eigenvalue weighted by atomic mass is 10.0. The highest BCUT2D eigenvalue weighted by Gasteiger charge is 2.02. The minimum atomic E-state index is 1.05. The minimum absolute atomic E-state index is 1.05. The number of hydrazone groups is 1. The van der Waals surface area contributed by atoms with E-state index in [-0.39, 0.29) is 0 Å². The predicted octanol–water partition coefficient (Wildman–Crippen LogP) is 5.13. The second-order valence-electron chi connectivity index (χ2n) is 6.61. The van der Waals surface area contributed by atoms with E-state index in [0.29, 0.717) is 0 Å². The van der Waals surface area contributed by atoms with Crippen molar-refractivity contribution in [3.63, 3.8) is 0 Å². The maximum absolute atomic E-state index is 3.89. The third-order valence-electron chi connectivity index (χ3n) is 4.46. The van der Waals surface area contributed by atoms with Crippen LogP contribution in [0.2, 0.25) is 0 Å². The summed E-state index contributed by atoms with van der Waals surface area (Å²) in [6.45, 7) is 3.34. The van der Waals surface area contributed by atoms with E-state index in [4.69, 9.17) is 0 Å². The SMILES string of the molecule is CCCCCCCCCCCCCCCCCN1C=NNN1. The van der Waals surface area contributed by atoms with Crippen molar-refractivity contribution < 1.29 is 0 Å². The normalized spacial score (nSPS) is 13.8. The van der Waals surface area contributed by atoms with E-state index in [2.05, 4.69) is 23.1 Å². The van der Waals surface area contributed by atoms with E-state index >= 15 is 0 Å². The van der Waals surface area contributed by atoms with Gasteiger partial charge in [0.2, 0.25) is 0 Å². The van der Waals surface area contributed by atoms with Crippen LogP contribution in [0.15, 0.2) is 5.10 Å². The van der Waals surface area contributed by atoms with E-state index in [1.165, 1.54) is 96.3 Å². The number of unbranched alkanes of at least 4 members (excludes halogenated alkanes) is 14. The van der Waals surface area contributed by atoms with Crippen molar-refractivity contribution in [2.45, 2.75) is 103 Å². The molecule has 1 rings (SSSR count). The molecule has 22 heavy (non-hydrogen) atoms. The number of hydrogen-bond acceptors (Lipinski definition) is 4. The van der Waals surface area contributed by atoms with Gasteiger partial charge in [0.05, 0.1) is 0 Å². The Bertz CT molecular complexity index is 255. The molecule has 130 valence electrons. The quantitative estimate of drug-likeness (QED) is 0.388. The summed E-state index contributed by atoms with van der Waals surface area (Å²) in [5.41, 5.74) is 5.69. The fourth-order valence-corrected chi connectivity index (χ4v) is 2.99. The van der Waals surface area contributed by atoms with Gasteiger partial charge in [-0.3, -0.25) is 5.01 Å².